The third kappa shape index (κ3) is 3.36. The third-order valence-electron chi connectivity index (χ3n) is 4.76. The Hall–Kier alpha value is -1.17. The molecule has 6 heteroatoms. The van der Waals surface area contributed by atoms with Gasteiger partial charge in [-0.25, -0.2) is 9.78 Å². The van der Waals surface area contributed by atoms with E-state index in [1.165, 1.54) is 12.8 Å². The number of aromatic nitrogens is 2. The van der Waals surface area contributed by atoms with Gasteiger partial charge in [0.25, 0.3) is 0 Å². The van der Waals surface area contributed by atoms with Gasteiger partial charge in [-0.3, -0.25) is 0 Å². The van der Waals surface area contributed by atoms with E-state index >= 15 is 0 Å². The molecule has 3 rings (SSSR count). The Bertz CT molecular complexity index is 456. The highest BCUT2D eigenvalue weighted by Crippen LogP contribution is 2.29. The molecule has 2 heterocycles. The summed E-state index contributed by atoms with van der Waals surface area (Å²) in [4.78, 5) is 18.5. The van der Waals surface area contributed by atoms with E-state index in [1.54, 1.807) is 0 Å². The number of piperidine rings is 1. The number of carbonyl (C=O) groups excluding carboxylic acids is 1. The Morgan fingerprint density at radius 2 is 2.10 bits per heavy atom. The SMILES string of the molecule is CS[C@H]1CCC[C@H]1NC(=O)N1CCC(n2ccnc2)CC1. The van der Waals surface area contributed by atoms with Crippen LogP contribution >= 0.6 is 11.8 Å². The number of hydrogen-bond donors (Lipinski definition) is 1. The summed E-state index contributed by atoms with van der Waals surface area (Å²) in [6.45, 7) is 1.68. The molecule has 21 heavy (non-hydrogen) atoms. The predicted octanol–water partition coefficient (Wildman–Crippen LogP) is 2.51. The van der Waals surface area contributed by atoms with Crippen molar-refractivity contribution in [1.82, 2.24) is 19.8 Å². The smallest absolute Gasteiger partial charge is 0.317 e. The molecule has 2 atom stereocenters. The van der Waals surface area contributed by atoms with Crippen LogP contribution in [0.1, 0.15) is 38.1 Å². The maximum absolute atomic E-state index is 12.4. The highest BCUT2D eigenvalue weighted by Gasteiger charge is 2.30. The van der Waals surface area contributed by atoms with Crippen molar-refractivity contribution in [2.75, 3.05) is 19.3 Å². The topological polar surface area (TPSA) is 50.2 Å². The number of likely N-dealkylation sites (tertiary alicyclic amines) is 1. The van der Waals surface area contributed by atoms with Crippen molar-refractivity contribution in [2.24, 2.45) is 0 Å². The van der Waals surface area contributed by atoms with E-state index in [9.17, 15) is 4.79 Å². The van der Waals surface area contributed by atoms with Gasteiger partial charge < -0.3 is 14.8 Å². The fourth-order valence-corrected chi connectivity index (χ4v) is 4.41. The first-order chi connectivity index (χ1) is 10.3. The van der Waals surface area contributed by atoms with Crippen LogP contribution in [0.3, 0.4) is 0 Å². The maximum Gasteiger partial charge on any atom is 0.317 e. The first kappa shape index (κ1) is 14.8. The summed E-state index contributed by atoms with van der Waals surface area (Å²) in [7, 11) is 0. The van der Waals surface area contributed by atoms with Crippen molar-refractivity contribution in [2.45, 2.75) is 49.4 Å². The standard InChI is InChI=1S/C15H24N4OS/c1-21-14-4-2-3-13(14)17-15(20)18-8-5-12(6-9-18)19-10-7-16-11-19/h7,10-14H,2-6,8-9H2,1H3,(H,17,20)/t13-,14+/m1/s1. The predicted molar refractivity (Wildman–Crippen MR) is 85.5 cm³/mol. The molecule has 0 unspecified atom stereocenters. The summed E-state index contributed by atoms with van der Waals surface area (Å²) in [6.07, 6.45) is 13.5. The van der Waals surface area contributed by atoms with E-state index in [4.69, 9.17) is 0 Å². The van der Waals surface area contributed by atoms with E-state index in [1.807, 2.05) is 35.4 Å². The summed E-state index contributed by atoms with van der Waals surface area (Å²) in [5.41, 5.74) is 0. The zero-order valence-electron chi connectivity index (χ0n) is 12.6. The fraction of sp³-hybridized carbons (Fsp3) is 0.733. The number of imidazole rings is 1. The fourth-order valence-electron chi connectivity index (χ4n) is 3.48. The van der Waals surface area contributed by atoms with Gasteiger partial charge in [-0.15, -0.1) is 0 Å². The molecule has 0 bridgehead atoms. The van der Waals surface area contributed by atoms with Crippen LogP contribution in [-0.4, -0.2) is 51.1 Å². The van der Waals surface area contributed by atoms with Crippen molar-refractivity contribution in [3.05, 3.63) is 18.7 Å². The zero-order valence-corrected chi connectivity index (χ0v) is 13.4. The number of hydrogen-bond acceptors (Lipinski definition) is 3. The highest BCUT2D eigenvalue weighted by molar-refractivity contribution is 7.99. The molecule has 2 amide bonds. The number of rotatable bonds is 3. The second-order valence-electron chi connectivity index (χ2n) is 5.99. The molecular formula is C15H24N4OS. The average Bonchev–Trinajstić information content (AvgIpc) is 3.18. The molecule has 0 spiro atoms. The lowest BCUT2D eigenvalue weighted by atomic mass is 10.1. The molecule has 1 N–H and O–H groups in total. The minimum absolute atomic E-state index is 0.130. The van der Waals surface area contributed by atoms with Gasteiger partial charge >= 0.3 is 6.03 Å². The Morgan fingerprint density at radius 3 is 2.76 bits per heavy atom. The van der Waals surface area contributed by atoms with E-state index in [0.717, 1.165) is 32.4 Å². The first-order valence-corrected chi connectivity index (χ1v) is 9.12. The molecule has 1 saturated carbocycles. The van der Waals surface area contributed by atoms with Crippen LogP contribution in [0.4, 0.5) is 4.79 Å². The number of carbonyl (C=O) groups is 1. The molecule has 1 aliphatic heterocycles. The molecule has 0 aromatic carbocycles. The van der Waals surface area contributed by atoms with Crippen molar-refractivity contribution in [3.8, 4) is 0 Å². The third-order valence-corrected chi connectivity index (χ3v) is 5.93. The van der Waals surface area contributed by atoms with Crippen molar-refractivity contribution in [3.63, 3.8) is 0 Å². The van der Waals surface area contributed by atoms with E-state index in [0.29, 0.717) is 17.3 Å². The van der Waals surface area contributed by atoms with Crippen LogP contribution in [0.25, 0.3) is 0 Å². The Labute approximate surface area is 130 Å². The number of urea groups is 1. The lowest BCUT2D eigenvalue weighted by Gasteiger charge is -2.33. The molecule has 2 fully saturated rings. The van der Waals surface area contributed by atoms with Crippen molar-refractivity contribution in [1.29, 1.82) is 0 Å². The normalized spacial score (nSPS) is 27.0. The minimum atomic E-state index is 0.130. The van der Waals surface area contributed by atoms with Gasteiger partial charge in [0.15, 0.2) is 0 Å². The molecule has 1 aromatic rings. The Kier molecular flexibility index (Phi) is 4.73. The minimum Gasteiger partial charge on any atom is -0.334 e. The molecule has 116 valence electrons. The van der Waals surface area contributed by atoms with Crippen LogP contribution in [-0.2, 0) is 0 Å². The number of nitrogens with one attached hydrogen (secondary N) is 1. The number of thioether (sulfide) groups is 1. The van der Waals surface area contributed by atoms with Crippen LogP contribution in [0.2, 0.25) is 0 Å². The van der Waals surface area contributed by atoms with E-state index in [-0.39, 0.29) is 6.03 Å². The first-order valence-electron chi connectivity index (χ1n) is 7.83. The number of nitrogens with zero attached hydrogens (tertiary/aromatic N) is 3. The van der Waals surface area contributed by atoms with Gasteiger partial charge in [0.2, 0.25) is 0 Å². The quantitative estimate of drug-likeness (QED) is 0.933. The molecule has 1 aliphatic carbocycles. The van der Waals surface area contributed by atoms with E-state index < -0.39 is 0 Å². The summed E-state index contributed by atoms with van der Waals surface area (Å²) in [6, 6.07) is 0.978. The summed E-state index contributed by atoms with van der Waals surface area (Å²) >= 11 is 1.88. The van der Waals surface area contributed by atoms with Crippen LogP contribution in [0.15, 0.2) is 18.7 Å². The molecule has 2 aliphatic rings. The van der Waals surface area contributed by atoms with Gasteiger partial charge in [-0.2, -0.15) is 11.8 Å². The van der Waals surface area contributed by atoms with Gasteiger partial charge in [0, 0.05) is 42.8 Å². The molecule has 1 saturated heterocycles. The Balaban J connectivity index is 1.49. The molecule has 1 aromatic heterocycles. The van der Waals surface area contributed by atoms with Gasteiger partial charge in [-0.05, 0) is 31.9 Å². The second kappa shape index (κ2) is 6.73. The largest absolute Gasteiger partial charge is 0.334 e. The van der Waals surface area contributed by atoms with E-state index in [2.05, 4.69) is 21.1 Å². The number of amides is 2. The van der Waals surface area contributed by atoms with Gasteiger partial charge in [0.05, 0.1) is 6.33 Å². The summed E-state index contributed by atoms with van der Waals surface area (Å²) in [5.74, 6) is 0. The van der Waals surface area contributed by atoms with Crippen LogP contribution in [0.5, 0.6) is 0 Å². The monoisotopic (exact) mass is 308 g/mol. The lowest BCUT2D eigenvalue weighted by molar-refractivity contribution is 0.168. The summed E-state index contributed by atoms with van der Waals surface area (Å²) < 4.78 is 2.16. The van der Waals surface area contributed by atoms with Crippen LogP contribution < -0.4 is 5.32 Å². The molecular weight excluding hydrogens is 284 g/mol. The molecule has 0 radical (unpaired) electrons. The van der Waals surface area contributed by atoms with Crippen molar-refractivity contribution >= 4 is 17.8 Å². The molecule has 5 nitrogen and oxygen atoms in total. The maximum atomic E-state index is 12.4. The average molecular weight is 308 g/mol. The lowest BCUT2D eigenvalue weighted by Crippen LogP contribution is -2.49. The highest BCUT2D eigenvalue weighted by atomic mass is 32.2. The van der Waals surface area contributed by atoms with Crippen molar-refractivity contribution < 1.29 is 4.79 Å². The summed E-state index contributed by atoms with van der Waals surface area (Å²) in [5, 5.41) is 3.84. The Morgan fingerprint density at radius 1 is 1.29 bits per heavy atom. The zero-order chi connectivity index (χ0) is 14.7. The second-order valence-corrected chi connectivity index (χ2v) is 7.07. The van der Waals surface area contributed by atoms with Gasteiger partial charge in [-0.1, -0.05) is 6.42 Å². The van der Waals surface area contributed by atoms with Gasteiger partial charge in [0.1, 0.15) is 0 Å². The van der Waals surface area contributed by atoms with Crippen LogP contribution in [0, 0.1) is 0 Å².